The zero-order chi connectivity index (χ0) is 19.8. The number of carbonyl (C=O) groups excluding carboxylic acids is 1. The minimum absolute atomic E-state index is 0.100. The van der Waals surface area contributed by atoms with Crippen LogP contribution in [0, 0.1) is 5.92 Å². The summed E-state index contributed by atoms with van der Waals surface area (Å²) in [5.74, 6) is 2.33. The fraction of sp³-hybridized carbons (Fsp3) is 0.458. The van der Waals surface area contributed by atoms with Gasteiger partial charge in [-0.25, -0.2) is 0 Å². The fourth-order valence-corrected chi connectivity index (χ4v) is 4.91. The largest absolute Gasteiger partial charge is 0.489 e. The van der Waals surface area contributed by atoms with Crippen LogP contribution in [0.15, 0.2) is 54.6 Å². The maximum Gasteiger partial charge on any atom is 0.226 e. The molecule has 1 aliphatic rings. The number of ether oxygens (including phenoxy) is 1. The van der Waals surface area contributed by atoms with Crippen molar-refractivity contribution >= 4 is 17.7 Å². The van der Waals surface area contributed by atoms with Gasteiger partial charge in [0.15, 0.2) is 0 Å². The Balaban J connectivity index is 1.68. The lowest BCUT2D eigenvalue weighted by molar-refractivity contribution is -0.136. The first-order valence-corrected chi connectivity index (χ1v) is 11.5. The number of amides is 1. The Hall–Kier alpha value is -1.94. The summed E-state index contributed by atoms with van der Waals surface area (Å²) >= 11 is 1.86. The maximum atomic E-state index is 13.1. The number of unbranched alkanes of at least 4 members (excludes halogenated alkanes) is 1. The zero-order valence-electron chi connectivity index (χ0n) is 17.0. The van der Waals surface area contributed by atoms with Gasteiger partial charge in [-0.15, -0.1) is 11.8 Å². The second kappa shape index (κ2) is 10.6. The summed E-state index contributed by atoms with van der Waals surface area (Å²) in [6.07, 6.45) is 4.19. The van der Waals surface area contributed by atoms with E-state index in [1.807, 2.05) is 42.1 Å². The van der Waals surface area contributed by atoms with E-state index in [0.29, 0.717) is 12.5 Å². The second-order valence-electron chi connectivity index (χ2n) is 7.35. The molecule has 2 aromatic carbocycles. The van der Waals surface area contributed by atoms with Crippen LogP contribution in [-0.4, -0.2) is 23.1 Å². The number of hydrogen-bond acceptors (Lipinski definition) is 3. The van der Waals surface area contributed by atoms with Gasteiger partial charge < -0.3 is 9.64 Å². The van der Waals surface area contributed by atoms with E-state index in [4.69, 9.17) is 4.74 Å². The van der Waals surface area contributed by atoms with E-state index in [2.05, 4.69) is 43.0 Å². The molecule has 0 aromatic heterocycles. The van der Waals surface area contributed by atoms with Gasteiger partial charge in [-0.3, -0.25) is 4.79 Å². The Labute approximate surface area is 173 Å². The van der Waals surface area contributed by atoms with Gasteiger partial charge >= 0.3 is 0 Å². The highest BCUT2D eigenvalue weighted by molar-refractivity contribution is 7.99. The first-order chi connectivity index (χ1) is 13.7. The average molecular weight is 398 g/mol. The zero-order valence-corrected chi connectivity index (χ0v) is 17.8. The van der Waals surface area contributed by atoms with E-state index in [-0.39, 0.29) is 11.3 Å². The molecule has 0 spiro atoms. The first-order valence-electron chi connectivity index (χ1n) is 10.4. The number of carbonyl (C=O) groups is 1. The van der Waals surface area contributed by atoms with Gasteiger partial charge in [-0.1, -0.05) is 69.2 Å². The van der Waals surface area contributed by atoms with Crippen LogP contribution in [0.2, 0.25) is 0 Å². The SMILES string of the molecule is CCCCC(CC)C(=O)N1CCSC1c1cccc(OCc2ccccc2)c1. The van der Waals surface area contributed by atoms with Crippen molar-refractivity contribution in [1.82, 2.24) is 4.90 Å². The molecule has 1 amide bonds. The molecule has 1 aliphatic heterocycles. The third kappa shape index (κ3) is 5.32. The fourth-order valence-electron chi connectivity index (χ4n) is 3.66. The van der Waals surface area contributed by atoms with Crippen LogP contribution >= 0.6 is 11.8 Å². The number of thioether (sulfide) groups is 1. The molecule has 2 atom stereocenters. The second-order valence-corrected chi connectivity index (χ2v) is 8.54. The molecule has 2 aromatic rings. The van der Waals surface area contributed by atoms with Crippen LogP contribution in [0.1, 0.15) is 56.0 Å². The molecule has 150 valence electrons. The predicted octanol–water partition coefficient (Wildman–Crippen LogP) is 6.06. The summed E-state index contributed by atoms with van der Waals surface area (Å²) in [6.45, 7) is 5.71. The highest BCUT2D eigenvalue weighted by atomic mass is 32.2. The molecule has 0 saturated carbocycles. The Bertz CT molecular complexity index is 749. The smallest absolute Gasteiger partial charge is 0.226 e. The average Bonchev–Trinajstić information content (AvgIpc) is 3.23. The van der Waals surface area contributed by atoms with Crippen molar-refractivity contribution < 1.29 is 9.53 Å². The van der Waals surface area contributed by atoms with Crippen LogP contribution in [0.4, 0.5) is 0 Å². The lowest BCUT2D eigenvalue weighted by Crippen LogP contribution is -2.35. The number of hydrogen-bond donors (Lipinski definition) is 0. The molecule has 28 heavy (non-hydrogen) atoms. The highest BCUT2D eigenvalue weighted by Gasteiger charge is 2.33. The molecular formula is C24H31NO2S. The summed E-state index contributed by atoms with van der Waals surface area (Å²) in [7, 11) is 0. The lowest BCUT2D eigenvalue weighted by atomic mass is 9.97. The minimum Gasteiger partial charge on any atom is -0.489 e. The van der Waals surface area contributed by atoms with E-state index in [1.165, 1.54) is 0 Å². The van der Waals surface area contributed by atoms with Gasteiger partial charge in [0.1, 0.15) is 17.7 Å². The van der Waals surface area contributed by atoms with Gasteiger partial charge in [0.05, 0.1) is 0 Å². The van der Waals surface area contributed by atoms with Gasteiger partial charge in [0, 0.05) is 18.2 Å². The Morgan fingerprint density at radius 1 is 1.18 bits per heavy atom. The van der Waals surface area contributed by atoms with E-state index in [0.717, 1.165) is 54.9 Å². The van der Waals surface area contributed by atoms with Crippen molar-refractivity contribution in [3.63, 3.8) is 0 Å². The molecule has 2 unspecified atom stereocenters. The molecule has 3 nitrogen and oxygen atoms in total. The summed E-state index contributed by atoms with van der Waals surface area (Å²) in [4.78, 5) is 15.2. The van der Waals surface area contributed by atoms with Gasteiger partial charge in [0.2, 0.25) is 5.91 Å². The molecular weight excluding hydrogens is 366 g/mol. The summed E-state index contributed by atoms with van der Waals surface area (Å²) in [6, 6.07) is 18.4. The van der Waals surface area contributed by atoms with E-state index in [9.17, 15) is 4.79 Å². The predicted molar refractivity (Wildman–Crippen MR) is 117 cm³/mol. The Morgan fingerprint density at radius 2 is 2.00 bits per heavy atom. The molecule has 0 N–H and O–H groups in total. The van der Waals surface area contributed by atoms with Crippen molar-refractivity contribution in [3.05, 3.63) is 65.7 Å². The van der Waals surface area contributed by atoms with Gasteiger partial charge in [0.25, 0.3) is 0 Å². The molecule has 4 heteroatoms. The van der Waals surface area contributed by atoms with E-state index >= 15 is 0 Å². The van der Waals surface area contributed by atoms with Crippen LogP contribution in [0.25, 0.3) is 0 Å². The first kappa shape index (κ1) is 20.8. The number of nitrogens with zero attached hydrogens (tertiary/aromatic N) is 1. The summed E-state index contributed by atoms with van der Waals surface area (Å²) < 4.78 is 6.00. The molecule has 3 rings (SSSR count). The monoisotopic (exact) mass is 397 g/mol. The number of benzene rings is 2. The van der Waals surface area contributed by atoms with Crippen molar-refractivity contribution in [2.75, 3.05) is 12.3 Å². The standard InChI is InChI=1S/C24H31NO2S/c1-3-5-12-20(4-2)23(26)25-15-16-28-24(25)21-13-9-14-22(17-21)27-18-19-10-7-6-8-11-19/h6-11,13-14,17,20,24H,3-5,12,15-16,18H2,1-2H3. The van der Waals surface area contributed by atoms with Crippen molar-refractivity contribution in [2.24, 2.45) is 5.92 Å². The molecule has 1 fully saturated rings. The van der Waals surface area contributed by atoms with Crippen molar-refractivity contribution in [1.29, 1.82) is 0 Å². The molecule has 1 heterocycles. The van der Waals surface area contributed by atoms with Crippen molar-refractivity contribution in [2.45, 2.75) is 51.5 Å². The third-order valence-corrected chi connectivity index (χ3v) is 6.57. The molecule has 1 saturated heterocycles. The number of rotatable bonds is 9. The summed E-state index contributed by atoms with van der Waals surface area (Å²) in [5.41, 5.74) is 2.31. The van der Waals surface area contributed by atoms with Crippen molar-refractivity contribution in [3.8, 4) is 5.75 Å². The summed E-state index contributed by atoms with van der Waals surface area (Å²) in [5, 5.41) is 0.100. The Kier molecular flexibility index (Phi) is 7.84. The van der Waals surface area contributed by atoms with Gasteiger partial charge in [-0.2, -0.15) is 0 Å². The minimum atomic E-state index is 0.100. The topological polar surface area (TPSA) is 29.5 Å². The maximum absolute atomic E-state index is 13.1. The van der Waals surface area contributed by atoms with Crippen LogP contribution in [0.3, 0.4) is 0 Å². The quantitative estimate of drug-likeness (QED) is 0.515. The van der Waals surface area contributed by atoms with E-state index < -0.39 is 0 Å². The van der Waals surface area contributed by atoms with E-state index in [1.54, 1.807) is 0 Å². The van der Waals surface area contributed by atoms with Gasteiger partial charge in [-0.05, 0) is 36.1 Å². The lowest BCUT2D eigenvalue weighted by Gasteiger charge is -2.28. The van der Waals surface area contributed by atoms with Crippen LogP contribution < -0.4 is 4.74 Å². The molecule has 0 bridgehead atoms. The Morgan fingerprint density at radius 3 is 2.75 bits per heavy atom. The highest BCUT2D eigenvalue weighted by Crippen LogP contribution is 2.40. The molecule has 0 radical (unpaired) electrons. The third-order valence-electron chi connectivity index (χ3n) is 5.31. The van der Waals surface area contributed by atoms with Crippen LogP contribution in [0.5, 0.6) is 5.75 Å². The normalized spacial score (nSPS) is 17.5. The van der Waals surface area contributed by atoms with Crippen LogP contribution in [-0.2, 0) is 11.4 Å². The molecule has 0 aliphatic carbocycles.